The SMILES string of the molecule is CCCNC(=O)N=[N+]=[N-]. The van der Waals surface area contributed by atoms with Crippen LogP contribution < -0.4 is 5.32 Å². The van der Waals surface area contributed by atoms with Gasteiger partial charge in [0.15, 0.2) is 0 Å². The Bertz CT molecular complexity index is 138. The Labute approximate surface area is 52.7 Å². The smallest absolute Gasteiger partial charge is 0.308 e. The van der Waals surface area contributed by atoms with Crippen LogP contribution >= 0.6 is 0 Å². The Morgan fingerprint density at radius 2 is 2.56 bits per heavy atom. The summed E-state index contributed by atoms with van der Waals surface area (Å²) < 4.78 is 0. The molecule has 0 saturated carbocycles. The summed E-state index contributed by atoms with van der Waals surface area (Å²) in [5, 5.41) is 5.17. The van der Waals surface area contributed by atoms with Crippen molar-refractivity contribution < 1.29 is 4.79 Å². The number of urea groups is 1. The second kappa shape index (κ2) is 4.93. The Kier molecular flexibility index (Phi) is 4.26. The zero-order valence-corrected chi connectivity index (χ0v) is 5.16. The molecule has 0 aliphatic heterocycles. The summed E-state index contributed by atoms with van der Waals surface area (Å²) in [6, 6.07) is -0.612. The number of nitrogens with one attached hydrogen (secondary N) is 1. The summed E-state index contributed by atoms with van der Waals surface area (Å²) in [4.78, 5) is 12.6. The lowest BCUT2D eigenvalue weighted by atomic mass is 10.5. The standard InChI is InChI=1S/C4H8N4O/c1-2-3-6-4(9)7-8-5/h2-3H2,1H3,(H,6,9). The van der Waals surface area contributed by atoms with E-state index >= 15 is 0 Å². The molecule has 0 atom stereocenters. The molecule has 50 valence electrons. The molecule has 0 fully saturated rings. The van der Waals surface area contributed by atoms with Crippen molar-refractivity contribution in [1.29, 1.82) is 0 Å². The highest BCUT2D eigenvalue weighted by Crippen LogP contribution is 1.75. The van der Waals surface area contributed by atoms with E-state index in [0.717, 1.165) is 6.42 Å². The van der Waals surface area contributed by atoms with E-state index in [1.807, 2.05) is 6.92 Å². The monoisotopic (exact) mass is 128 g/mol. The summed E-state index contributed by atoms with van der Waals surface area (Å²) in [5.74, 6) is 0. The van der Waals surface area contributed by atoms with Crippen molar-refractivity contribution in [2.24, 2.45) is 5.11 Å². The van der Waals surface area contributed by atoms with E-state index < -0.39 is 6.03 Å². The van der Waals surface area contributed by atoms with Gasteiger partial charge >= 0.3 is 6.03 Å². The first-order chi connectivity index (χ1) is 4.31. The fraction of sp³-hybridized carbons (Fsp3) is 0.750. The van der Waals surface area contributed by atoms with Gasteiger partial charge in [0, 0.05) is 16.6 Å². The summed E-state index contributed by atoms with van der Waals surface area (Å²) in [6.07, 6.45) is 0.840. The van der Waals surface area contributed by atoms with E-state index in [4.69, 9.17) is 5.53 Å². The van der Waals surface area contributed by atoms with Crippen LogP contribution in [0.15, 0.2) is 5.11 Å². The normalized spacial score (nSPS) is 7.67. The molecule has 5 nitrogen and oxygen atoms in total. The van der Waals surface area contributed by atoms with Gasteiger partial charge in [-0.3, -0.25) is 4.79 Å². The van der Waals surface area contributed by atoms with Gasteiger partial charge in [0.25, 0.3) is 0 Å². The third-order valence-electron chi connectivity index (χ3n) is 0.662. The predicted molar refractivity (Wildman–Crippen MR) is 32.8 cm³/mol. The number of rotatable bonds is 2. The summed E-state index contributed by atoms with van der Waals surface area (Å²) in [6.45, 7) is 2.47. The average Bonchev–Trinajstić information content (AvgIpc) is 1.85. The maximum absolute atomic E-state index is 10.3. The maximum Gasteiger partial charge on any atom is 0.308 e. The van der Waals surface area contributed by atoms with Gasteiger partial charge in [-0.25, -0.2) is 0 Å². The number of hydrogen-bond acceptors (Lipinski definition) is 1. The molecule has 5 heteroatoms. The molecule has 0 spiro atoms. The highest BCUT2D eigenvalue weighted by atomic mass is 16.2. The quantitative estimate of drug-likeness (QED) is 0.340. The fourth-order valence-electron chi connectivity index (χ4n) is 0.308. The van der Waals surface area contributed by atoms with Crippen LogP contribution in [0.25, 0.3) is 10.4 Å². The molecule has 0 rings (SSSR count). The van der Waals surface area contributed by atoms with Gasteiger partial charge in [-0.15, -0.1) is 0 Å². The van der Waals surface area contributed by atoms with Crippen molar-refractivity contribution in [2.45, 2.75) is 13.3 Å². The van der Waals surface area contributed by atoms with Crippen LogP contribution in [0.4, 0.5) is 4.79 Å². The van der Waals surface area contributed by atoms with Crippen LogP contribution in [0.1, 0.15) is 13.3 Å². The molecule has 2 amide bonds. The first-order valence-corrected chi connectivity index (χ1v) is 2.64. The maximum atomic E-state index is 10.3. The van der Waals surface area contributed by atoms with Crippen LogP contribution in [-0.4, -0.2) is 12.6 Å². The zero-order valence-electron chi connectivity index (χ0n) is 5.16. The molecule has 0 aromatic rings. The van der Waals surface area contributed by atoms with Crippen LogP contribution in [0.2, 0.25) is 0 Å². The zero-order chi connectivity index (χ0) is 7.11. The molecular formula is C4H8N4O. The van der Waals surface area contributed by atoms with Crippen LogP contribution in [0.3, 0.4) is 0 Å². The number of carbonyl (C=O) groups is 1. The van der Waals surface area contributed by atoms with E-state index in [1.54, 1.807) is 0 Å². The number of carbonyl (C=O) groups excluding carboxylic acids is 1. The number of nitrogens with zero attached hydrogens (tertiary/aromatic N) is 3. The molecule has 0 aliphatic rings. The second-order valence-corrected chi connectivity index (χ2v) is 1.42. The number of hydrogen-bond donors (Lipinski definition) is 1. The summed E-state index contributed by atoms with van der Waals surface area (Å²) in [7, 11) is 0. The van der Waals surface area contributed by atoms with E-state index in [0.29, 0.717) is 6.54 Å². The minimum absolute atomic E-state index is 0.553. The lowest BCUT2D eigenvalue weighted by Gasteiger charge is -1.93. The minimum Gasteiger partial charge on any atom is -0.351 e. The second-order valence-electron chi connectivity index (χ2n) is 1.42. The van der Waals surface area contributed by atoms with Crippen molar-refractivity contribution in [3.05, 3.63) is 10.4 Å². The van der Waals surface area contributed by atoms with Gasteiger partial charge in [-0.1, -0.05) is 6.92 Å². The molecule has 0 bridgehead atoms. The molecule has 0 aliphatic carbocycles. The van der Waals surface area contributed by atoms with Gasteiger partial charge in [0.05, 0.1) is 0 Å². The Balaban J connectivity index is 3.39. The number of amides is 2. The van der Waals surface area contributed by atoms with Crippen LogP contribution in [-0.2, 0) is 0 Å². The third kappa shape index (κ3) is 4.64. The molecule has 9 heavy (non-hydrogen) atoms. The first kappa shape index (κ1) is 7.78. The van der Waals surface area contributed by atoms with Crippen molar-refractivity contribution in [1.82, 2.24) is 5.32 Å². The molecule has 1 N–H and O–H groups in total. The van der Waals surface area contributed by atoms with Crippen molar-refractivity contribution >= 4 is 6.03 Å². The average molecular weight is 128 g/mol. The molecule has 0 heterocycles. The van der Waals surface area contributed by atoms with E-state index in [-0.39, 0.29) is 0 Å². The van der Waals surface area contributed by atoms with Crippen molar-refractivity contribution in [3.8, 4) is 0 Å². The lowest BCUT2D eigenvalue weighted by molar-refractivity contribution is 0.249. The van der Waals surface area contributed by atoms with Crippen LogP contribution in [0, 0.1) is 0 Å². The highest BCUT2D eigenvalue weighted by molar-refractivity contribution is 5.74. The largest absolute Gasteiger partial charge is 0.351 e. The Morgan fingerprint density at radius 3 is 3.00 bits per heavy atom. The van der Waals surface area contributed by atoms with Crippen molar-refractivity contribution in [2.75, 3.05) is 6.54 Å². The van der Waals surface area contributed by atoms with Gasteiger partial charge in [-0.05, 0) is 12.0 Å². The summed E-state index contributed by atoms with van der Waals surface area (Å²) in [5.41, 5.74) is 7.73. The highest BCUT2D eigenvalue weighted by Gasteiger charge is 1.90. The Hall–Kier alpha value is -1.22. The van der Waals surface area contributed by atoms with E-state index in [2.05, 4.69) is 15.3 Å². The molecule has 0 saturated heterocycles. The van der Waals surface area contributed by atoms with E-state index in [9.17, 15) is 4.79 Å². The first-order valence-electron chi connectivity index (χ1n) is 2.64. The van der Waals surface area contributed by atoms with E-state index in [1.165, 1.54) is 0 Å². The fourth-order valence-corrected chi connectivity index (χ4v) is 0.308. The molecule has 0 unspecified atom stereocenters. The van der Waals surface area contributed by atoms with Gasteiger partial charge in [0.1, 0.15) is 0 Å². The van der Waals surface area contributed by atoms with Gasteiger partial charge in [-0.2, -0.15) is 0 Å². The summed E-state index contributed by atoms with van der Waals surface area (Å²) >= 11 is 0. The predicted octanol–water partition coefficient (Wildman–Crippen LogP) is 1.42. The van der Waals surface area contributed by atoms with Gasteiger partial charge in [0.2, 0.25) is 0 Å². The van der Waals surface area contributed by atoms with Crippen molar-refractivity contribution in [3.63, 3.8) is 0 Å². The topological polar surface area (TPSA) is 77.9 Å². The lowest BCUT2D eigenvalue weighted by Crippen LogP contribution is -2.19. The van der Waals surface area contributed by atoms with Gasteiger partial charge < -0.3 is 5.32 Å². The molecule has 0 aromatic carbocycles. The molecular weight excluding hydrogens is 120 g/mol. The molecule has 0 radical (unpaired) electrons. The molecule has 0 aromatic heterocycles. The minimum atomic E-state index is -0.612. The van der Waals surface area contributed by atoms with Crippen LogP contribution in [0.5, 0.6) is 0 Å². The third-order valence-corrected chi connectivity index (χ3v) is 0.662. The Morgan fingerprint density at radius 1 is 1.89 bits per heavy atom. The number of azide groups is 1.